The minimum Gasteiger partial charge on any atom is -0.497 e. The van der Waals surface area contributed by atoms with E-state index in [0.29, 0.717) is 12.1 Å². The lowest BCUT2D eigenvalue weighted by Crippen LogP contribution is -2.46. The largest absolute Gasteiger partial charge is 0.497 e. The number of piperidine rings is 1. The van der Waals surface area contributed by atoms with E-state index in [2.05, 4.69) is 30.9 Å². The summed E-state index contributed by atoms with van der Waals surface area (Å²) in [5.41, 5.74) is 7.56. The van der Waals surface area contributed by atoms with E-state index in [4.69, 9.17) is 10.5 Å². The molecule has 0 amide bonds. The summed E-state index contributed by atoms with van der Waals surface area (Å²) in [4.78, 5) is 2.57. The van der Waals surface area contributed by atoms with Crippen molar-refractivity contribution in [2.75, 3.05) is 13.7 Å². The van der Waals surface area contributed by atoms with Crippen LogP contribution in [0.25, 0.3) is 0 Å². The van der Waals surface area contributed by atoms with Crippen molar-refractivity contribution in [3.63, 3.8) is 0 Å². The lowest BCUT2D eigenvalue weighted by molar-refractivity contribution is 0.0923. The van der Waals surface area contributed by atoms with Gasteiger partial charge in [-0.25, -0.2) is 0 Å². The Morgan fingerprint density at radius 3 is 2.47 bits per heavy atom. The molecule has 3 heteroatoms. The molecule has 1 aliphatic rings. The molecule has 1 fully saturated rings. The molecule has 0 aromatic heterocycles. The molecule has 1 heterocycles. The molecule has 3 unspecified atom stereocenters. The van der Waals surface area contributed by atoms with Crippen molar-refractivity contribution in [3.8, 4) is 5.75 Å². The fourth-order valence-electron chi connectivity index (χ4n) is 3.13. The summed E-state index contributed by atoms with van der Waals surface area (Å²) in [6, 6.07) is 9.41. The minimum absolute atomic E-state index is 0.133. The van der Waals surface area contributed by atoms with E-state index in [1.54, 1.807) is 7.11 Å². The maximum absolute atomic E-state index is 6.26. The Labute approximate surface area is 116 Å². The van der Waals surface area contributed by atoms with Gasteiger partial charge in [0, 0.05) is 18.1 Å². The van der Waals surface area contributed by atoms with Crippen LogP contribution < -0.4 is 10.5 Å². The van der Waals surface area contributed by atoms with E-state index in [1.165, 1.54) is 24.8 Å². The summed E-state index contributed by atoms with van der Waals surface area (Å²) >= 11 is 0. The predicted molar refractivity (Wildman–Crippen MR) is 79.4 cm³/mol. The number of rotatable bonds is 4. The highest BCUT2D eigenvalue weighted by Gasteiger charge is 2.29. The second-order valence-corrected chi connectivity index (χ2v) is 5.66. The Morgan fingerprint density at radius 2 is 1.95 bits per heavy atom. The highest BCUT2D eigenvalue weighted by Crippen LogP contribution is 2.31. The third-order valence-electron chi connectivity index (χ3n) is 4.17. The van der Waals surface area contributed by atoms with Gasteiger partial charge in [0.25, 0.3) is 0 Å². The van der Waals surface area contributed by atoms with Gasteiger partial charge in [0.1, 0.15) is 5.75 Å². The van der Waals surface area contributed by atoms with Crippen LogP contribution in [0.5, 0.6) is 5.75 Å². The number of benzene rings is 1. The van der Waals surface area contributed by atoms with Crippen LogP contribution in [-0.4, -0.2) is 30.6 Å². The standard InChI is InChI=1S/C16H26N2O/c1-12-6-4-5-11-18(12)16(13(2)17)14-7-9-15(19-3)10-8-14/h7-10,12-13,16H,4-6,11,17H2,1-3H3. The monoisotopic (exact) mass is 262 g/mol. The van der Waals surface area contributed by atoms with Crippen molar-refractivity contribution in [2.24, 2.45) is 5.73 Å². The van der Waals surface area contributed by atoms with Gasteiger partial charge < -0.3 is 10.5 Å². The third kappa shape index (κ3) is 3.28. The number of ether oxygens (including phenoxy) is 1. The number of nitrogens with two attached hydrogens (primary N) is 1. The minimum atomic E-state index is 0.133. The predicted octanol–water partition coefficient (Wildman–Crippen LogP) is 2.96. The van der Waals surface area contributed by atoms with Crippen molar-refractivity contribution in [1.29, 1.82) is 0 Å². The van der Waals surface area contributed by atoms with Gasteiger partial charge in [-0.3, -0.25) is 4.90 Å². The first-order valence-electron chi connectivity index (χ1n) is 7.28. The van der Waals surface area contributed by atoms with Gasteiger partial charge in [0.05, 0.1) is 7.11 Å². The molecular weight excluding hydrogens is 236 g/mol. The Bertz CT molecular complexity index is 388. The van der Waals surface area contributed by atoms with Crippen molar-refractivity contribution in [3.05, 3.63) is 29.8 Å². The van der Waals surface area contributed by atoms with E-state index in [-0.39, 0.29) is 6.04 Å². The van der Waals surface area contributed by atoms with E-state index >= 15 is 0 Å². The normalized spacial score (nSPS) is 23.9. The van der Waals surface area contributed by atoms with E-state index < -0.39 is 0 Å². The molecule has 1 saturated heterocycles. The molecule has 1 aromatic rings. The van der Waals surface area contributed by atoms with E-state index in [1.807, 2.05) is 12.1 Å². The summed E-state index contributed by atoms with van der Waals surface area (Å²) in [6.07, 6.45) is 3.90. The lowest BCUT2D eigenvalue weighted by atomic mass is 9.93. The summed E-state index contributed by atoms with van der Waals surface area (Å²) in [6.45, 7) is 5.58. The molecule has 2 N–H and O–H groups in total. The molecule has 0 aliphatic carbocycles. The van der Waals surface area contributed by atoms with Crippen LogP contribution in [0.15, 0.2) is 24.3 Å². The maximum atomic E-state index is 6.26. The number of hydrogen-bond donors (Lipinski definition) is 1. The molecular formula is C16H26N2O. The number of methoxy groups -OCH3 is 1. The molecule has 3 nitrogen and oxygen atoms in total. The number of hydrogen-bond acceptors (Lipinski definition) is 3. The van der Waals surface area contributed by atoms with Crippen molar-refractivity contribution >= 4 is 0 Å². The van der Waals surface area contributed by atoms with Gasteiger partial charge in [0.2, 0.25) is 0 Å². The Morgan fingerprint density at radius 1 is 1.26 bits per heavy atom. The highest BCUT2D eigenvalue weighted by atomic mass is 16.5. The SMILES string of the molecule is COc1ccc(C(C(C)N)N2CCCCC2C)cc1. The van der Waals surface area contributed by atoms with Gasteiger partial charge in [-0.05, 0) is 50.9 Å². The van der Waals surface area contributed by atoms with Crippen molar-refractivity contribution in [2.45, 2.75) is 51.2 Å². The second kappa shape index (κ2) is 6.40. The van der Waals surface area contributed by atoms with Gasteiger partial charge in [0.15, 0.2) is 0 Å². The van der Waals surface area contributed by atoms with Crippen LogP contribution >= 0.6 is 0 Å². The quantitative estimate of drug-likeness (QED) is 0.906. The molecule has 3 atom stereocenters. The zero-order valence-electron chi connectivity index (χ0n) is 12.3. The fourth-order valence-corrected chi connectivity index (χ4v) is 3.13. The molecule has 0 bridgehead atoms. The van der Waals surface area contributed by atoms with Gasteiger partial charge in [-0.2, -0.15) is 0 Å². The first-order chi connectivity index (χ1) is 9.13. The fraction of sp³-hybridized carbons (Fsp3) is 0.625. The van der Waals surface area contributed by atoms with E-state index in [0.717, 1.165) is 12.3 Å². The second-order valence-electron chi connectivity index (χ2n) is 5.66. The number of nitrogens with zero attached hydrogens (tertiary/aromatic N) is 1. The molecule has 0 radical (unpaired) electrons. The maximum Gasteiger partial charge on any atom is 0.118 e. The average Bonchev–Trinajstić information content (AvgIpc) is 2.42. The Hall–Kier alpha value is -1.06. The Kier molecular flexibility index (Phi) is 4.83. The first kappa shape index (κ1) is 14.4. The zero-order valence-corrected chi connectivity index (χ0v) is 12.3. The molecule has 0 saturated carbocycles. The molecule has 106 valence electrons. The topological polar surface area (TPSA) is 38.5 Å². The molecule has 2 rings (SSSR count). The smallest absolute Gasteiger partial charge is 0.118 e. The van der Waals surface area contributed by atoms with Gasteiger partial charge in [-0.1, -0.05) is 18.6 Å². The molecule has 1 aliphatic heterocycles. The zero-order chi connectivity index (χ0) is 13.8. The lowest BCUT2D eigenvalue weighted by Gasteiger charge is -2.41. The average molecular weight is 262 g/mol. The van der Waals surface area contributed by atoms with Crippen LogP contribution in [-0.2, 0) is 0 Å². The van der Waals surface area contributed by atoms with Crippen LogP contribution in [0.1, 0.15) is 44.7 Å². The molecule has 0 spiro atoms. The van der Waals surface area contributed by atoms with Crippen molar-refractivity contribution in [1.82, 2.24) is 4.90 Å². The molecule has 1 aromatic carbocycles. The number of likely N-dealkylation sites (tertiary alicyclic amines) is 1. The first-order valence-corrected chi connectivity index (χ1v) is 7.28. The van der Waals surface area contributed by atoms with Gasteiger partial charge >= 0.3 is 0 Å². The van der Waals surface area contributed by atoms with Crippen LogP contribution in [0.2, 0.25) is 0 Å². The summed E-state index contributed by atoms with van der Waals surface area (Å²) in [5, 5.41) is 0. The summed E-state index contributed by atoms with van der Waals surface area (Å²) in [5.74, 6) is 0.902. The highest BCUT2D eigenvalue weighted by molar-refractivity contribution is 5.30. The third-order valence-corrected chi connectivity index (χ3v) is 4.17. The molecule has 19 heavy (non-hydrogen) atoms. The van der Waals surface area contributed by atoms with Crippen LogP contribution in [0, 0.1) is 0 Å². The summed E-state index contributed by atoms with van der Waals surface area (Å²) < 4.78 is 5.23. The summed E-state index contributed by atoms with van der Waals surface area (Å²) in [7, 11) is 1.70. The van der Waals surface area contributed by atoms with Crippen LogP contribution in [0.4, 0.5) is 0 Å². The van der Waals surface area contributed by atoms with Gasteiger partial charge in [-0.15, -0.1) is 0 Å². The van der Waals surface area contributed by atoms with Crippen molar-refractivity contribution < 1.29 is 4.74 Å². The van der Waals surface area contributed by atoms with Crippen LogP contribution in [0.3, 0.4) is 0 Å². The van der Waals surface area contributed by atoms with E-state index in [9.17, 15) is 0 Å². The Balaban J connectivity index is 2.23.